The van der Waals surface area contributed by atoms with Crippen molar-refractivity contribution in [3.63, 3.8) is 0 Å². The van der Waals surface area contributed by atoms with E-state index in [1.165, 1.54) is 18.2 Å². The van der Waals surface area contributed by atoms with Crippen LogP contribution in [0.4, 0.5) is 0 Å². The third kappa shape index (κ3) is 5.76. The van der Waals surface area contributed by atoms with E-state index in [0.717, 1.165) is 6.26 Å². The Kier molecular flexibility index (Phi) is 5.20. The van der Waals surface area contributed by atoms with Gasteiger partial charge in [-0.25, -0.2) is 26.3 Å². The summed E-state index contributed by atoms with van der Waals surface area (Å²) in [5.41, 5.74) is -0.945. The van der Waals surface area contributed by atoms with Gasteiger partial charge in [0.25, 0.3) is 0 Å². The summed E-state index contributed by atoms with van der Waals surface area (Å²) in [6.45, 7) is 3.07. The average Bonchev–Trinajstić information content (AvgIpc) is 2.24. The van der Waals surface area contributed by atoms with Crippen LogP contribution in [-0.2, 0) is 20.0 Å². The van der Waals surface area contributed by atoms with Gasteiger partial charge in [-0.15, -0.1) is 0 Å². The topological polar surface area (TPSA) is 92.3 Å². The maximum atomic E-state index is 12.0. The predicted octanol–water partition coefficient (Wildman–Crippen LogP) is 0.946. The van der Waals surface area contributed by atoms with Crippen LogP contribution >= 0.6 is 11.6 Å². The first kappa shape index (κ1) is 17.4. The Morgan fingerprint density at radius 2 is 1.80 bits per heavy atom. The highest BCUT2D eigenvalue weighted by atomic mass is 35.5. The monoisotopic (exact) mass is 340 g/mol. The second-order valence-electron chi connectivity index (χ2n) is 5.04. The predicted molar refractivity (Wildman–Crippen MR) is 78.7 cm³/mol. The van der Waals surface area contributed by atoms with Crippen LogP contribution in [0, 0.1) is 0 Å². The minimum atomic E-state index is -3.74. The largest absolute Gasteiger partial charge is 0.240 e. The first-order chi connectivity index (χ1) is 8.91. The van der Waals surface area contributed by atoms with Crippen molar-refractivity contribution in [2.75, 3.05) is 12.8 Å². The van der Waals surface area contributed by atoms with E-state index < -0.39 is 25.6 Å². The van der Waals surface area contributed by atoms with Crippen molar-refractivity contribution in [3.05, 3.63) is 29.3 Å². The Morgan fingerprint density at radius 1 is 1.20 bits per heavy atom. The number of rotatable bonds is 6. The molecule has 1 rings (SSSR count). The molecule has 9 heteroatoms. The summed E-state index contributed by atoms with van der Waals surface area (Å²) in [7, 11) is -7.17. The molecular formula is C11H17ClN2O4S2. The molecular weight excluding hydrogens is 324 g/mol. The van der Waals surface area contributed by atoms with Gasteiger partial charge in [0.15, 0.2) is 0 Å². The van der Waals surface area contributed by atoms with Gasteiger partial charge in [0.05, 0.1) is 11.2 Å². The maximum absolute atomic E-state index is 12.0. The Hall–Kier alpha value is -0.670. The Labute approximate surface area is 124 Å². The van der Waals surface area contributed by atoms with E-state index in [1.54, 1.807) is 19.9 Å². The fourth-order valence-corrected chi connectivity index (χ4v) is 4.12. The Morgan fingerprint density at radius 3 is 2.30 bits per heavy atom. The van der Waals surface area contributed by atoms with Crippen LogP contribution in [0.25, 0.3) is 0 Å². The molecule has 0 fully saturated rings. The quantitative estimate of drug-likeness (QED) is 0.806. The van der Waals surface area contributed by atoms with Crippen LogP contribution in [0.1, 0.15) is 13.8 Å². The van der Waals surface area contributed by atoms with Gasteiger partial charge in [0, 0.05) is 17.1 Å². The minimum absolute atomic E-state index is 0.0279. The highest BCUT2D eigenvalue weighted by Gasteiger charge is 2.25. The number of sulfonamides is 2. The smallest absolute Gasteiger partial charge is 0.213 e. The van der Waals surface area contributed by atoms with Gasteiger partial charge in [0.1, 0.15) is 0 Å². The lowest BCUT2D eigenvalue weighted by Gasteiger charge is -2.25. The number of hydrogen-bond donors (Lipinski definition) is 2. The maximum Gasteiger partial charge on any atom is 0.240 e. The van der Waals surface area contributed by atoms with Crippen LogP contribution in [0.3, 0.4) is 0 Å². The zero-order chi connectivity index (χ0) is 15.6. The van der Waals surface area contributed by atoms with E-state index in [2.05, 4.69) is 9.44 Å². The molecule has 0 radical (unpaired) electrons. The van der Waals surface area contributed by atoms with Gasteiger partial charge < -0.3 is 0 Å². The van der Waals surface area contributed by atoms with Gasteiger partial charge in [-0.3, -0.25) is 0 Å². The molecule has 0 aliphatic carbocycles. The second-order valence-corrected chi connectivity index (χ2v) is 8.99. The highest BCUT2D eigenvalue weighted by molar-refractivity contribution is 7.89. The van der Waals surface area contributed by atoms with E-state index >= 15 is 0 Å². The highest BCUT2D eigenvalue weighted by Crippen LogP contribution is 2.15. The molecule has 1 aromatic carbocycles. The van der Waals surface area contributed by atoms with E-state index in [9.17, 15) is 16.8 Å². The lowest BCUT2D eigenvalue weighted by molar-refractivity contribution is 0.446. The van der Waals surface area contributed by atoms with Crippen LogP contribution in [0.15, 0.2) is 29.2 Å². The lowest BCUT2D eigenvalue weighted by atomic mass is 10.1. The molecule has 0 saturated carbocycles. The molecule has 0 amide bonds. The van der Waals surface area contributed by atoms with E-state index in [0.29, 0.717) is 5.02 Å². The number of benzene rings is 1. The molecule has 0 spiro atoms. The summed E-state index contributed by atoms with van der Waals surface area (Å²) in [6, 6.07) is 5.82. The van der Waals surface area contributed by atoms with Crippen molar-refractivity contribution >= 4 is 31.6 Å². The summed E-state index contributed by atoms with van der Waals surface area (Å²) in [6.07, 6.45) is 1.01. The summed E-state index contributed by atoms with van der Waals surface area (Å²) >= 11 is 5.74. The molecule has 20 heavy (non-hydrogen) atoms. The van der Waals surface area contributed by atoms with Crippen molar-refractivity contribution < 1.29 is 16.8 Å². The summed E-state index contributed by atoms with van der Waals surface area (Å²) in [5, 5.41) is 0.307. The summed E-state index contributed by atoms with van der Waals surface area (Å²) in [4.78, 5) is 0.0279. The molecule has 0 unspecified atom stereocenters. The fraction of sp³-hybridized carbons (Fsp3) is 0.455. The molecule has 6 nitrogen and oxygen atoms in total. The molecule has 2 N–H and O–H groups in total. The van der Waals surface area contributed by atoms with Crippen LogP contribution in [0.5, 0.6) is 0 Å². The van der Waals surface area contributed by atoms with Crippen molar-refractivity contribution in [1.29, 1.82) is 0 Å². The molecule has 114 valence electrons. The first-order valence-corrected chi connectivity index (χ1v) is 9.41. The molecule has 1 aromatic rings. The first-order valence-electron chi connectivity index (χ1n) is 5.65. The van der Waals surface area contributed by atoms with Crippen molar-refractivity contribution in [2.24, 2.45) is 0 Å². The van der Waals surface area contributed by atoms with Gasteiger partial charge in [-0.05, 0) is 32.0 Å². The molecule has 0 heterocycles. The summed E-state index contributed by atoms with van der Waals surface area (Å²) in [5.74, 6) is 0. The minimum Gasteiger partial charge on any atom is -0.213 e. The van der Waals surface area contributed by atoms with Crippen molar-refractivity contribution in [2.45, 2.75) is 24.3 Å². The van der Waals surface area contributed by atoms with Crippen LogP contribution < -0.4 is 9.44 Å². The Balaban J connectivity index is 2.83. The third-order valence-corrected chi connectivity index (χ3v) is 4.83. The molecule has 0 aromatic heterocycles. The Bertz CT molecular complexity index is 684. The van der Waals surface area contributed by atoms with Crippen molar-refractivity contribution in [1.82, 2.24) is 9.44 Å². The van der Waals surface area contributed by atoms with Crippen LogP contribution in [-0.4, -0.2) is 35.2 Å². The zero-order valence-corrected chi connectivity index (χ0v) is 13.7. The fourth-order valence-electron chi connectivity index (χ4n) is 1.53. The number of nitrogens with one attached hydrogen (secondary N) is 2. The normalized spacial score (nSPS) is 13.4. The molecule has 0 saturated heterocycles. The number of halogens is 1. The van der Waals surface area contributed by atoms with E-state index in [1.807, 2.05) is 0 Å². The van der Waals surface area contributed by atoms with Crippen molar-refractivity contribution in [3.8, 4) is 0 Å². The van der Waals surface area contributed by atoms with Gasteiger partial charge in [-0.2, -0.15) is 0 Å². The standard InChI is InChI=1S/C11H17ClN2O4S2/c1-11(2,14-19(3,15)16)8-13-20(17,18)10-6-4-5-9(12)7-10/h4-7,13-14H,8H2,1-3H3. The molecule has 0 atom stereocenters. The van der Waals surface area contributed by atoms with Crippen LogP contribution in [0.2, 0.25) is 5.02 Å². The number of hydrogen-bond acceptors (Lipinski definition) is 4. The SMILES string of the molecule is CC(C)(CNS(=O)(=O)c1cccc(Cl)c1)NS(C)(=O)=O. The second kappa shape index (κ2) is 5.98. The molecule has 0 aliphatic heterocycles. The lowest BCUT2D eigenvalue weighted by Crippen LogP contribution is -2.50. The van der Waals surface area contributed by atoms with E-state index in [4.69, 9.17) is 11.6 Å². The summed E-state index contributed by atoms with van der Waals surface area (Å²) < 4.78 is 51.2. The molecule has 0 aliphatic rings. The van der Waals surface area contributed by atoms with Gasteiger partial charge in [-0.1, -0.05) is 17.7 Å². The van der Waals surface area contributed by atoms with E-state index in [-0.39, 0.29) is 11.4 Å². The third-order valence-electron chi connectivity index (χ3n) is 2.27. The van der Waals surface area contributed by atoms with Gasteiger partial charge >= 0.3 is 0 Å². The zero-order valence-electron chi connectivity index (χ0n) is 11.3. The van der Waals surface area contributed by atoms with Gasteiger partial charge in [0.2, 0.25) is 20.0 Å². The molecule has 0 bridgehead atoms. The average molecular weight is 341 g/mol.